The van der Waals surface area contributed by atoms with E-state index in [1.165, 1.54) is 50.7 Å². The number of nitro groups is 1. The summed E-state index contributed by atoms with van der Waals surface area (Å²) in [4.78, 5) is 45.4. The number of allylic oxidation sites excluding steroid dienone is 2. The van der Waals surface area contributed by atoms with E-state index in [0.717, 1.165) is 38.5 Å². The summed E-state index contributed by atoms with van der Waals surface area (Å²) in [6.07, 6.45) is 20.4. The summed E-state index contributed by atoms with van der Waals surface area (Å²) < 4.78 is 37.2. The number of rotatable bonds is 32. The number of non-ortho nitro benzene ring substituents is 1. The molecule has 16 nitrogen and oxygen atoms in total. The van der Waals surface area contributed by atoms with Crippen molar-refractivity contribution in [2.45, 2.75) is 129 Å². The van der Waals surface area contributed by atoms with Gasteiger partial charge in [-0.1, -0.05) is 76.9 Å². The minimum Gasteiger partial charge on any atom is -0.462 e. The lowest BCUT2D eigenvalue weighted by atomic mass is 10.1. The Hall–Kier alpha value is -3.43. The van der Waals surface area contributed by atoms with E-state index in [2.05, 4.69) is 39.3 Å². The van der Waals surface area contributed by atoms with Crippen LogP contribution in [0.25, 0.3) is 11.0 Å². The number of ether oxygens (including phenoxy) is 2. The van der Waals surface area contributed by atoms with Gasteiger partial charge < -0.3 is 25.4 Å². The zero-order chi connectivity index (χ0) is 37.9. The van der Waals surface area contributed by atoms with Crippen LogP contribution >= 0.6 is 7.82 Å². The summed E-state index contributed by atoms with van der Waals surface area (Å²) in [5, 5.41) is 21.6. The molecule has 1 heterocycles. The standard InChI is InChI=1S/C35H58N5O11P/c1-2-3-4-5-6-7-8-9-10-11-12-13-14-15-17-20-32(41)47-27-29(28-49-52(45,46)48-26-24-36)50-33(42)21-18-16-19-25-37-30-22-23-31(40(43)44)35-34(30)38-51-39-35/h9-10,22-23,29,37H,2-8,11-21,24-28,36H2,1H3,(H,45,46)/b10-9-/t29-/m0/s1. The molecule has 0 aliphatic rings. The van der Waals surface area contributed by atoms with Gasteiger partial charge in [-0.15, -0.1) is 0 Å². The number of nitrogens with zero attached hydrogens (tertiary/aromatic N) is 3. The van der Waals surface area contributed by atoms with E-state index in [1.807, 2.05) is 0 Å². The van der Waals surface area contributed by atoms with Gasteiger partial charge in [0.2, 0.25) is 5.52 Å². The van der Waals surface area contributed by atoms with Crippen molar-refractivity contribution in [2.75, 3.05) is 38.2 Å². The lowest BCUT2D eigenvalue weighted by molar-refractivity contribution is -0.383. The van der Waals surface area contributed by atoms with E-state index in [1.54, 1.807) is 0 Å². The molecule has 294 valence electrons. The van der Waals surface area contributed by atoms with Crippen LogP contribution in [0.15, 0.2) is 28.9 Å². The average Bonchev–Trinajstić information content (AvgIpc) is 3.62. The summed E-state index contributed by atoms with van der Waals surface area (Å²) in [5.74, 6) is -1.04. The lowest BCUT2D eigenvalue weighted by Gasteiger charge is -2.20. The van der Waals surface area contributed by atoms with Crippen LogP contribution in [0.3, 0.4) is 0 Å². The number of aromatic nitrogens is 2. The average molecular weight is 756 g/mol. The topological polar surface area (TPSA) is 228 Å². The number of carbonyl (C=O) groups is 2. The third-order valence-corrected chi connectivity index (χ3v) is 9.12. The fourth-order valence-electron chi connectivity index (χ4n) is 5.28. The molecule has 4 N–H and O–H groups in total. The number of hydrogen-bond donors (Lipinski definition) is 3. The van der Waals surface area contributed by atoms with E-state index >= 15 is 0 Å². The number of phosphoric acid groups is 1. The Kier molecular flexibility index (Phi) is 23.4. The van der Waals surface area contributed by atoms with Gasteiger partial charge in [-0.2, -0.15) is 0 Å². The second kappa shape index (κ2) is 27.2. The maximum atomic E-state index is 12.6. The molecule has 0 bridgehead atoms. The van der Waals surface area contributed by atoms with Crippen molar-refractivity contribution >= 4 is 42.2 Å². The molecule has 0 aliphatic carbocycles. The number of nitro benzene ring substituents is 1. The molecule has 0 aliphatic heterocycles. The highest BCUT2D eigenvalue weighted by molar-refractivity contribution is 7.47. The van der Waals surface area contributed by atoms with Crippen molar-refractivity contribution < 1.29 is 47.1 Å². The Balaban J connectivity index is 1.65. The Morgan fingerprint density at radius 1 is 0.904 bits per heavy atom. The second-order valence-corrected chi connectivity index (χ2v) is 14.1. The number of hydrogen-bond acceptors (Lipinski definition) is 14. The molecule has 0 amide bonds. The van der Waals surface area contributed by atoms with E-state index in [4.69, 9.17) is 24.3 Å². The number of carbonyl (C=O) groups excluding carboxylic acids is 2. The molecular formula is C35H58N5O11P. The first-order chi connectivity index (χ1) is 25.2. The van der Waals surface area contributed by atoms with Gasteiger partial charge in [-0.05, 0) is 61.3 Å². The van der Waals surface area contributed by atoms with Crippen molar-refractivity contribution in [1.29, 1.82) is 0 Å². The third-order valence-electron chi connectivity index (χ3n) is 8.13. The van der Waals surface area contributed by atoms with E-state index in [0.29, 0.717) is 37.9 Å². The van der Waals surface area contributed by atoms with E-state index in [-0.39, 0.29) is 49.3 Å². The molecule has 2 atom stereocenters. The highest BCUT2D eigenvalue weighted by Crippen LogP contribution is 2.43. The number of benzene rings is 1. The van der Waals surface area contributed by atoms with Crippen LogP contribution in [0.4, 0.5) is 11.4 Å². The number of unbranched alkanes of at least 4 members (excludes halogenated alkanes) is 13. The maximum absolute atomic E-state index is 12.6. The Morgan fingerprint density at radius 3 is 2.19 bits per heavy atom. The van der Waals surface area contributed by atoms with Crippen LogP contribution in [-0.4, -0.2) is 71.1 Å². The van der Waals surface area contributed by atoms with Gasteiger partial charge in [0.1, 0.15) is 6.61 Å². The first-order valence-corrected chi connectivity index (χ1v) is 20.1. The van der Waals surface area contributed by atoms with Crippen molar-refractivity contribution in [3.8, 4) is 0 Å². The fraction of sp³-hybridized carbons (Fsp3) is 0.714. The van der Waals surface area contributed by atoms with Crippen LogP contribution in [0.1, 0.15) is 122 Å². The lowest BCUT2D eigenvalue weighted by Crippen LogP contribution is -2.29. The van der Waals surface area contributed by atoms with Gasteiger partial charge in [-0.25, -0.2) is 9.19 Å². The minimum absolute atomic E-state index is 0.00541. The summed E-state index contributed by atoms with van der Waals surface area (Å²) in [5.41, 5.74) is 5.94. The normalized spacial score (nSPS) is 13.3. The number of anilines is 1. The highest BCUT2D eigenvalue weighted by atomic mass is 31.2. The van der Waals surface area contributed by atoms with Crippen LogP contribution in [-0.2, 0) is 32.7 Å². The van der Waals surface area contributed by atoms with Crippen LogP contribution in [0.2, 0.25) is 0 Å². The molecule has 2 rings (SSSR count). The van der Waals surface area contributed by atoms with Crippen LogP contribution in [0.5, 0.6) is 0 Å². The number of phosphoric ester groups is 1. The molecule has 1 aromatic carbocycles. The molecule has 2 aromatic rings. The Labute approximate surface area is 306 Å². The third kappa shape index (κ3) is 20.0. The molecule has 0 radical (unpaired) electrons. The monoisotopic (exact) mass is 755 g/mol. The van der Waals surface area contributed by atoms with Gasteiger partial charge in [0.25, 0.3) is 0 Å². The molecule has 17 heteroatoms. The van der Waals surface area contributed by atoms with Crippen LogP contribution < -0.4 is 11.1 Å². The zero-order valence-corrected chi connectivity index (χ0v) is 31.4. The second-order valence-electron chi connectivity index (χ2n) is 12.6. The summed E-state index contributed by atoms with van der Waals surface area (Å²) in [6.45, 7) is 1.67. The van der Waals surface area contributed by atoms with Crippen molar-refractivity contribution in [2.24, 2.45) is 5.73 Å². The quantitative estimate of drug-likeness (QED) is 0.0162. The van der Waals surface area contributed by atoms with E-state index < -0.39 is 37.4 Å². The fourth-order valence-corrected chi connectivity index (χ4v) is 6.04. The predicted molar refractivity (Wildman–Crippen MR) is 196 cm³/mol. The number of fused-ring (bicyclic) bond motifs is 1. The molecule has 52 heavy (non-hydrogen) atoms. The van der Waals surface area contributed by atoms with Crippen molar-refractivity contribution in [3.05, 3.63) is 34.4 Å². The van der Waals surface area contributed by atoms with Gasteiger partial charge in [-0.3, -0.25) is 28.8 Å². The largest absolute Gasteiger partial charge is 0.472 e. The van der Waals surface area contributed by atoms with E-state index in [9.17, 15) is 29.2 Å². The van der Waals surface area contributed by atoms with Crippen molar-refractivity contribution in [1.82, 2.24) is 10.3 Å². The number of esters is 2. The Bertz CT molecular complexity index is 1390. The smallest absolute Gasteiger partial charge is 0.462 e. The molecule has 0 saturated heterocycles. The zero-order valence-electron chi connectivity index (χ0n) is 30.5. The number of nitrogens with one attached hydrogen (secondary N) is 1. The van der Waals surface area contributed by atoms with Gasteiger partial charge in [0.15, 0.2) is 11.6 Å². The summed E-state index contributed by atoms with van der Waals surface area (Å²) in [7, 11) is -4.45. The summed E-state index contributed by atoms with van der Waals surface area (Å²) in [6, 6.07) is 2.85. The maximum Gasteiger partial charge on any atom is 0.472 e. The summed E-state index contributed by atoms with van der Waals surface area (Å²) >= 11 is 0. The molecule has 1 unspecified atom stereocenters. The first-order valence-electron chi connectivity index (χ1n) is 18.6. The minimum atomic E-state index is -4.45. The number of nitrogens with two attached hydrogens (primary N) is 1. The molecule has 0 saturated carbocycles. The molecule has 0 spiro atoms. The van der Waals surface area contributed by atoms with Gasteiger partial charge in [0, 0.05) is 32.0 Å². The first kappa shape index (κ1) is 44.7. The highest BCUT2D eigenvalue weighted by Gasteiger charge is 2.26. The molecule has 0 fully saturated rings. The molecule has 1 aromatic heterocycles. The molecular weight excluding hydrogens is 697 g/mol. The SMILES string of the molecule is CCCCCCCC/C=C\CCCCCCCC(=O)OC[C@@H](COP(=O)(O)OCCN)OC(=O)CCCCCNc1ccc([N+](=O)[O-])c2nonc12. The predicted octanol–water partition coefficient (Wildman–Crippen LogP) is 7.69. The Morgan fingerprint density at radius 2 is 1.52 bits per heavy atom. The van der Waals surface area contributed by atoms with Gasteiger partial charge in [0.05, 0.1) is 23.8 Å². The van der Waals surface area contributed by atoms with Crippen molar-refractivity contribution in [3.63, 3.8) is 0 Å². The van der Waals surface area contributed by atoms with Crippen LogP contribution in [0, 0.1) is 10.1 Å². The van der Waals surface area contributed by atoms with Gasteiger partial charge >= 0.3 is 25.4 Å².